The van der Waals surface area contributed by atoms with E-state index >= 15 is 0 Å². The van der Waals surface area contributed by atoms with Crippen LogP contribution in [-0.4, -0.2) is 40.0 Å². The van der Waals surface area contributed by atoms with Crippen LogP contribution >= 0.6 is 11.8 Å². The Morgan fingerprint density at radius 3 is 2.78 bits per heavy atom. The van der Waals surface area contributed by atoms with Crippen molar-refractivity contribution in [2.45, 2.75) is 6.42 Å². The molecule has 0 radical (unpaired) electrons. The summed E-state index contributed by atoms with van der Waals surface area (Å²) < 4.78 is 13.5. The molecular formula is C24H20FN3O3S. The molecule has 1 aromatic heterocycles. The van der Waals surface area contributed by atoms with Gasteiger partial charge in [0, 0.05) is 23.6 Å². The minimum atomic E-state index is -0.486. The SMILES string of the molecule is O=C(CN1C(=O)SC(=CC=Cc2ccccc2)C1=O)NCCc1c[nH]c2ccc(F)cc12. The van der Waals surface area contributed by atoms with E-state index in [9.17, 15) is 18.8 Å². The summed E-state index contributed by atoms with van der Waals surface area (Å²) in [7, 11) is 0. The average molecular weight is 450 g/mol. The van der Waals surface area contributed by atoms with E-state index in [0.717, 1.165) is 38.7 Å². The van der Waals surface area contributed by atoms with Crippen molar-refractivity contribution < 1.29 is 18.8 Å². The highest BCUT2D eigenvalue weighted by Gasteiger charge is 2.35. The van der Waals surface area contributed by atoms with Crippen molar-refractivity contribution in [3.63, 3.8) is 0 Å². The first-order valence-electron chi connectivity index (χ1n) is 10.0. The highest BCUT2D eigenvalue weighted by Crippen LogP contribution is 2.30. The van der Waals surface area contributed by atoms with Gasteiger partial charge in [0.2, 0.25) is 5.91 Å². The lowest BCUT2D eigenvalue weighted by Gasteiger charge is -2.12. The van der Waals surface area contributed by atoms with E-state index in [0.29, 0.717) is 13.0 Å². The van der Waals surface area contributed by atoms with Gasteiger partial charge in [0.05, 0.1) is 4.91 Å². The number of amides is 3. The Balaban J connectivity index is 1.30. The van der Waals surface area contributed by atoms with Gasteiger partial charge in [-0.3, -0.25) is 19.3 Å². The number of nitrogens with zero attached hydrogens (tertiary/aromatic N) is 1. The molecule has 2 heterocycles. The fraction of sp³-hybridized carbons (Fsp3) is 0.125. The minimum absolute atomic E-state index is 0.274. The molecule has 0 saturated carbocycles. The summed E-state index contributed by atoms with van der Waals surface area (Å²) in [6.45, 7) is -0.0406. The van der Waals surface area contributed by atoms with E-state index in [1.165, 1.54) is 12.1 Å². The third-order valence-corrected chi connectivity index (χ3v) is 5.88. The van der Waals surface area contributed by atoms with Crippen molar-refractivity contribution >= 4 is 45.8 Å². The molecule has 1 fully saturated rings. The van der Waals surface area contributed by atoms with Gasteiger partial charge < -0.3 is 10.3 Å². The highest BCUT2D eigenvalue weighted by molar-refractivity contribution is 8.18. The second kappa shape index (κ2) is 9.65. The number of nitrogens with one attached hydrogen (secondary N) is 2. The molecule has 1 saturated heterocycles. The third-order valence-electron chi connectivity index (χ3n) is 4.96. The summed E-state index contributed by atoms with van der Waals surface area (Å²) in [6, 6.07) is 14.1. The summed E-state index contributed by atoms with van der Waals surface area (Å²) in [4.78, 5) is 41.2. The van der Waals surface area contributed by atoms with Crippen LogP contribution in [-0.2, 0) is 16.0 Å². The van der Waals surface area contributed by atoms with E-state index in [1.807, 2.05) is 36.4 Å². The maximum absolute atomic E-state index is 13.5. The zero-order valence-electron chi connectivity index (χ0n) is 17.0. The number of rotatable bonds is 7. The van der Waals surface area contributed by atoms with Crippen molar-refractivity contribution in [2.75, 3.05) is 13.1 Å². The Hall–Kier alpha value is -3.65. The minimum Gasteiger partial charge on any atom is -0.361 e. The van der Waals surface area contributed by atoms with Gasteiger partial charge in [-0.1, -0.05) is 42.5 Å². The van der Waals surface area contributed by atoms with Crippen LogP contribution < -0.4 is 5.32 Å². The zero-order chi connectivity index (χ0) is 22.5. The second-order valence-electron chi connectivity index (χ2n) is 7.16. The molecule has 1 aliphatic rings. The van der Waals surface area contributed by atoms with Crippen LogP contribution in [0, 0.1) is 5.82 Å². The molecule has 162 valence electrons. The van der Waals surface area contributed by atoms with Crippen molar-refractivity contribution in [2.24, 2.45) is 0 Å². The van der Waals surface area contributed by atoms with E-state index in [2.05, 4.69) is 10.3 Å². The number of carbonyl (C=O) groups is 3. The van der Waals surface area contributed by atoms with Crippen LogP contribution in [0.15, 0.2) is 71.8 Å². The van der Waals surface area contributed by atoms with Gasteiger partial charge in [0.25, 0.3) is 11.1 Å². The van der Waals surface area contributed by atoms with Crippen LogP contribution in [0.4, 0.5) is 9.18 Å². The summed E-state index contributed by atoms with van der Waals surface area (Å²) in [5, 5.41) is 3.00. The predicted molar refractivity (Wildman–Crippen MR) is 123 cm³/mol. The first-order valence-corrected chi connectivity index (χ1v) is 10.8. The smallest absolute Gasteiger partial charge is 0.294 e. The van der Waals surface area contributed by atoms with Crippen molar-refractivity contribution in [3.05, 3.63) is 88.7 Å². The standard InChI is InChI=1S/C24H20FN3O3S/c25-18-9-10-20-19(13-18)17(14-27-20)11-12-26-22(29)15-28-23(30)21(32-24(28)31)8-4-7-16-5-2-1-3-6-16/h1-10,13-14,27H,11-12,15H2,(H,26,29). The molecule has 6 nitrogen and oxygen atoms in total. The molecule has 0 spiro atoms. The number of fused-ring (bicyclic) bond motifs is 1. The summed E-state index contributed by atoms with van der Waals surface area (Å²) in [5.74, 6) is -1.24. The third kappa shape index (κ3) is 4.97. The molecule has 0 aliphatic carbocycles. The second-order valence-corrected chi connectivity index (χ2v) is 8.16. The van der Waals surface area contributed by atoms with Crippen molar-refractivity contribution in [1.82, 2.24) is 15.2 Å². The van der Waals surface area contributed by atoms with Gasteiger partial charge >= 0.3 is 0 Å². The topological polar surface area (TPSA) is 82.3 Å². The maximum Gasteiger partial charge on any atom is 0.294 e. The molecule has 4 rings (SSSR count). The molecular weight excluding hydrogens is 429 g/mol. The molecule has 0 bridgehead atoms. The monoisotopic (exact) mass is 449 g/mol. The van der Waals surface area contributed by atoms with Crippen LogP contribution in [0.3, 0.4) is 0 Å². The lowest BCUT2D eigenvalue weighted by molar-refractivity contribution is -0.129. The quantitative estimate of drug-likeness (QED) is 0.528. The summed E-state index contributed by atoms with van der Waals surface area (Å²) in [5.41, 5.74) is 2.66. The number of aromatic nitrogens is 1. The molecule has 2 N–H and O–H groups in total. The van der Waals surface area contributed by atoms with Gasteiger partial charge in [-0.25, -0.2) is 4.39 Å². The number of hydrogen-bond donors (Lipinski definition) is 2. The van der Waals surface area contributed by atoms with Gasteiger partial charge in [-0.15, -0.1) is 0 Å². The number of thioether (sulfide) groups is 1. The van der Waals surface area contributed by atoms with E-state index in [4.69, 9.17) is 0 Å². The molecule has 0 atom stereocenters. The van der Waals surface area contributed by atoms with Crippen LogP contribution in [0.1, 0.15) is 11.1 Å². The number of aromatic amines is 1. The zero-order valence-corrected chi connectivity index (χ0v) is 17.8. The Kier molecular flexibility index (Phi) is 6.51. The lowest BCUT2D eigenvalue weighted by Crippen LogP contribution is -2.40. The molecule has 3 amide bonds. The summed E-state index contributed by atoms with van der Waals surface area (Å²) in [6.07, 6.45) is 7.38. The maximum atomic E-state index is 13.5. The Bertz CT molecular complexity index is 1230. The van der Waals surface area contributed by atoms with Crippen molar-refractivity contribution in [3.8, 4) is 0 Å². The summed E-state index contributed by atoms with van der Waals surface area (Å²) >= 11 is 0.811. The molecule has 32 heavy (non-hydrogen) atoms. The van der Waals surface area contributed by atoms with Gasteiger partial charge in [-0.05, 0) is 53.6 Å². The van der Waals surface area contributed by atoms with Crippen molar-refractivity contribution in [1.29, 1.82) is 0 Å². The molecule has 2 aromatic carbocycles. The van der Waals surface area contributed by atoms with Crippen LogP contribution in [0.5, 0.6) is 0 Å². The van der Waals surface area contributed by atoms with Gasteiger partial charge in [-0.2, -0.15) is 0 Å². The first-order chi connectivity index (χ1) is 15.5. The van der Waals surface area contributed by atoms with E-state index < -0.39 is 17.1 Å². The average Bonchev–Trinajstić information content (AvgIpc) is 3.30. The molecule has 8 heteroatoms. The first kappa shape index (κ1) is 21.6. The van der Waals surface area contributed by atoms with E-state index in [1.54, 1.807) is 24.4 Å². The molecule has 1 aliphatic heterocycles. The Morgan fingerprint density at radius 1 is 1.16 bits per heavy atom. The number of hydrogen-bond acceptors (Lipinski definition) is 4. The number of imide groups is 1. The number of benzene rings is 2. The fourth-order valence-corrected chi connectivity index (χ4v) is 4.14. The number of carbonyl (C=O) groups excluding carboxylic acids is 3. The number of allylic oxidation sites excluding steroid dienone is 2. The molecule has 0 unspecified atom stereocenters. The van der Waals surface area contributed by atoms with Crippen LogP contribution in [0.25, 0.3) is 17.0 Å². The fourth-order valence-electron chi connectivity index (χ4n) is 3.35. The normalized spacial score (nSPS) is 15.4. The largest absolute Gasteiger partial charge is 0.361 e. The Morgan fingerprint density at radius 2 is 1.97 bits per heavy atom. The lowest BCUT2D eigenvalue weighted by atomic mass is 10.1. The van der Waals surface area contributed by atoms with Gasteiger partial charge in [0.15, 0.2) is 0 Å². The van der Waals surface area contributed by atoms with E-state index in [-0.39, 0.29) is 17.3 Å². The number of H-pyrrole nitrogens is 1. The van der Waals surface area contributed by atoms with Crippen LogP contribution in [0.2, 0.25) is 0 Å². The highest BCUT2D eigenvalue weighted by atomic mass is 32.2. The predicted octanol–water partition coefficient (Wildman–Crippen LogP) is 4.26. The Labute approximate surface area is 188 Å². The molecule has 3 aromatic rings. The van der Waals surface area contributed by atoms with Gasteiger partial charge in [0.1, 0.15) is 12.4 Å². The number of halogens is 1.